The SMILES string of the molecule is C=CCNC(=O)c1ccccc1NC(=O)COc1ccc(Cl)c2cccnc12. The van der Waals surface area contributed by atoms with Crippen LogP contribution < -0.4 is 15.4 Å². The molecule has 0 saturated carbocycles. The van der Waals surface area contributed by atoms with Gasteiger partial charge in [-0.3, -0.25) is 14.6 Å². The Morgan fingerprint density at radius 3 is 2.79 bits per heavy atom. The number of nitrogens with one attached hydrogen (secondary N) is 2. The molecule has 1 heterocycles. The molecule has 0 saturated heterocycles. The van der Waals surface area contributed by atoms with Crippen LogP contribution in [-0.4, -0.2) is 29.9 Å². The first kappa shape index (κ1) is 19.4. The van der Waals surface area contributed by atoms with E-state index in [4.69, 9.17) is 16.3 Å². The third kappa shape index (κ3) is 4.47. The second-order valence-electron chi connectivity index (χ2n) is 5.83. The zero-order valence-electron chi connectivity index (χ0n) is 14.9. The molecule has 0 aliphatic heterocycles. The van der Waals surface area contributed by atoms with Gasteiger partial charge in [-0.15, -0.1) is 6.58 Å². The minimum atomic E-state index is -0.400. The third-order valence-corrected chi connectivity index (χ3v) is 4.22. The number of hydrogen-bond acceptors (Lipinski definition) is 4. The Hall–Kier alpha value is -3.38. The first-order chi connectivity index (χ1) is 13.6. The first-order valence-electron chi connectivity index (χ1n) is 8.54. The second-order valence-corrected chi connectivity index (χ2v) is 6.23. The van der Waals surface area contributed by atoms with Crippen molar-refractivity contribution in [2.75, 3.05) is 18.5 Å². The van der Waals surface area contributed by atoms with Gasteiger partial charge in [0.1, 0.15) is 11.3 Å². The van der Waals surface area contributed by atoms with Crippen LogP contribution in [0.15, 0.2) is 67.4 Å². The monoisotopic (exact) mass is 395 g/mol. The average molecular weight is 396 g/mol. The molecule has 0 unspecified atom stereocenters. The summed E-state index contributed by atoms with van der Waals surface area (Å²) in [5, 5.41) is 6.68. The molecule has 2 N–H and O–H groups in total. The number of nitrogens with zero attached hydrogens (tertiary/aromatic N) is 1. The van der Waals surface area contributed by atoms with E-state index in [-0.39, 0.29) is 12.5 Å². The maximum Gasteiger partial charge on any atom is 0.262 e. The number of para-hydroxylation sites is 1. The summed E-state index contributed by atoms with van der Waals surface area (Å²) in [6.07, 6.45) is 3.21. The number of hydrogen-bond donors (Lipinski definition) is 2. The number of rotatable bonds is 7. The Morgan fingerprint density at radius 2 is 1.96 bits per heavy atom. The molecule has 0 atom stereocenters. The molecule has 6 nitrogen and oxygen atoms in total. The topological polar surface area (TPSA) is 80.3 Å². The van der Waals surface area contributed by atoms with Crippen molar-refractivity contribution in [1.29, 1.82) is 0 Å². The zero-order chi connectivity index (χ0) is 19.9. The molecular formula is C21H18ClN3O3. The highest BCUT2D eigenvalue weighted by molar-refractivity contribution is 6.35. The second kappa shape index (κ2) is 9.01. The quantitative estimate of drug-likeness (QED) is 0.596. The van der Waals surface area contributed by atoms with Crippen molar-refractivity contribution in [1.82, 2.24) is 10.3 Å². The highest BCUT2D eigenvalue weighted by atomic mass is 35.5. The minimum absolute atomic E-state index is 0.240. The Balaban J connectivity index is 1.70. The van der Waals surface area contributed by atoms with Crippen LogP contribution >= 0.6 is 11.6 Å². The van der Waals surface area contributed by atoms with Gasteiger partial charge in [0.05, 0.1) is 16.3 Å². The molecule has 0 aliphatic rings. The van der Waals surface area contributed by atoms with Gasteiger partial charge in [0.15, 0.2) is 6.61 Å². The molecule has 7 heteroatoms. The van der Waals surface area contributed by atoms with E-state index in [1.165, 1.54) is 0 Å². The maximum atomic E-state index is 12.3. The van der Waals surface area contributed by atoms with Gasteiger partial charge in [0.25, 0.3) is 11.8 Å². The number of anilines is 1. The van der Waals surface area contributed by atoms with E-state index in [9.17, 15) is 9.59 Å². The van der Waals surface area contributed by atoms with Crippen LogP contribution in [0.1, 0.15) is 10.4 Å². The van der Waals surface area contributed by atoms with Crippen LogP contribution in [0.25, 0.3) is 10.9 Å². The van der Waals surface area contributed by atoms with Crippen molar-refractivity contribution in [2.24, 2.45) is 0 Å². The van der Waals surface area contributed by atoms with Gasteiger partial charge < -0.3 is 15.4 Å². The van der Waals surface area contributed by atoms with E-state index < -0.39 is 5.91 Å². The molecular weight excluding hydrogens is 378 g/mol. The van der Waals surface area contributed by atoms with Crippen LogP contribution in [0.2, 0.25) is 5.02 Å². The molecule has 0 bridgehead atoms. The normalized spacial score (nSPS) is 10.3. The summed E-state index contributed by atoms with van der Waals surface area (Å²) < 4.78 is 5.63. The summed E-state index contributed by atoms with van der Waals surface area (Å²) in [5.41, 5.74) is 1.33. The van der Waals surface area contributed by atoms with Crippen LogP contribution in [0, 0.1) is 0 Å². The van der Waals surface area contributed by atoms with E-state index in [0.717, 1.165) is 5.39 Å². The fourth-order valence-electron chi connectivity index (χ4n) is 2.61. The molecule has 3 rings (SSSR count). The fourth-order valence-corrected chi connectivity index (χ4v) is 2.82. The van der Waals surface area contributed by atoms with Crippen LogP contribution in [0.4, 0.5) is 5.69 Å². The summed E-state index contributed by atoms with van der Waals surface area (Å²) >= 11 is 6.16. The number of aromatic nitrogens is 1. The van der Waals surface area contributed by atoms with E-state index in [0.29, 0.717) is 34.1 Å². The van der Waals surface area contributed by atoms with E-state index in [1.807, 2.05) is 6.07 Å². The molecule has 142 valence electrons. The molecule has 0 spiro atoms. The molecule has 2 amide bonds. The standard InChI is InChI=1S/C21H18ClN3O3/c1-2-11-24-21(27)15-6-3-4-8-17(15)25-19(26)13-28-18-10-9-16(22)14-7-5-12-23-20(14)18/h2-10,12H,1,11,13H2,(H,24,27)(H,25,26). The van der Waals surface area contributed by atoms with E-state index in [2.05, 4.69) is 22.2 Å². The fraction of sp³-hybridized carbons (Fsp3) is 0.0952. The number of carbonyl (C=O) groups is 2. The van der Waals surface area contributed by atoms with Gasteiger partial charge in [-0.2, -0.15) is 0 Å². The Labute approximate surface area is 167 Å². The highest BCUT2D eigenvalue weighted by Gasteiger charge is 2.14. The Kier molecular flexibility index (Phi) is 6.24. The number of ether oxygens (including phenoxy) is 1. The van der Waals surface area contributed by atoms with Gasteiger partial charge in [0.2, 0.25) is 0 Å². The number of halogens is 1. The summed E-state index contributed by atoms with van der Waals surface area (Å²) in [4.78, 5) is 28.8. The van der Waals surface area contributed by atoms with Gasteiger partial charge in [-0.25, -0.2) is 0 Å². The van der Waals surface area contributed by atoms with Crippen LogP contribution in [0.3, 0.4) is 0 Å². The number of fused-ring (bicyclic) bond motifs is 1. The highest BCUT2D eigenvalue weighted by Crippen LogP contribution is 2.29. The smallest absolute Gasteiger partial charge is 0.262 e. The summed E-state index contributed by atoms with van der Waals surface area (Å²) in [6.45, 7) is 3.66. The lowest BCUT2D eigenvalue weighted by Crippen LogP contribution is -2.26. The zero-order valence-corrected chi connectivity index (χ0v) is 15.7. The minimum Gasteiger partial charge on any atom is -0.481 e. The molecule has 0 aliphatic carbocycles. The Morgan fingerprint density at radius 1 is 1.14 bits per heavy atom. The predicted octanol–water partition coefficient (Wildman–Crippen LogP) is 3.82. The van der Waals surface area contributed by atoms with Crippen LogP contribution in [-0.2, 0) is 4.79 Å². The van der Waals surface area contributed by atoms with E-state index >= 15 is 0 Å². The largest absolute Gasteiger partial charge is 0.481 e. The van der Waals surface area contributed by atoms with Crippen LogP contribution in [0.5, 0.6) is 5.75 Å². The van der Waals surface area contributed by atoms with Crippen molar-refractivity contribution in [2.45, 2.75) is 0 Å². The molecule has 1 aromatic heterocycles. The molecule has 0 radical (unpaired) electrons. The summed E-state index contributed by atoms with van der Waals surface area (Å²) in [7, 11) is 0. The molecule has 28 heavy (non-hydrogen) atoms. The molecule has 2 aromatic carbocycles. The summed E-state index contributed by atoms with van der Waals surface area (Å²) in [6, 6.07) is 13.7. The lowest BCUT2D eigenvalue weighted by molar-refractivity contribution is -0.118. The van der Waals surface area contributed by atoms with E-state index in [1.54, 1.807) is 54.7 Å². The number of pyridine rings is 1. The van der Waals surface area contributed by atoms with Gasteiger partial charge in [-0.1, -0.05) is 29.8 Å². The molecule has 3 aromatic rings. The Bertz CT molecular complexity index is 1040. The van der Waals surface area contributed by atoms with Crippen molar-refractivity contribution < 1.29 is 14.3 Å². The first-order valence-corrected chi connectivity index (χ1v) is 8.92. The van der Waals surface area contributed by atoms with Crippen molar-refractivity contribution in [3.63, 3.8) is 0 Å². The van der Waals surface area contributed by atoms with Crippen molar-refractivity contribution >= 4 is 40.0 Å². The van der Waals surface area contributed by atoms with Gasteiger partial charge in [-0.05, 0) is 36.4 Å². The number of benzene rings is 2. The number of carbonyl (C=O) groups excluding carboxylic acids is 2. The van der Waals surface area contributed by atoms with Gasteiger partial charge in [0, 0.05) is 18.1 Å². The average Bonchev–Trinajstić information content (AvgIpc) is 2.72. The maximum absolute atomic E-state index is 12.3. The van der Waals surface area contributed by atoms with Gasteiger partial charge >= 0.3 is 0 Å². The lowest BCUT2D eigenvalue weighted by atomic mass is 10.1. The predicted molar refractivity (Wildman–Crippen MR) is 110 cm³/mol. The summed E-state index contributed by atoms with van der Waals surface area (Å²) in [5.74, 6) is -0.250. The number of amides is 2. The third-order valence-electron chi connectivity index (χ3n) is 3.89. The molecule has 0 fully saturated rings. The van der Waals surface area contributed by atoms with Crippen molar-refractivity contribution in [3.05, 3.63) is 78.0 Å². The lowest BCUT2D eigenvalue weighted by Gasteiger charge is -2.12. The van der Waals surface area contributed by atoms with Crippen molar-refractivity contribution in [3.8, 4) is 5.75 Å².